The van der Waals surface area contributed by atoms with Crippen LogP contribution in [0, 0.1) is 17.0 Å². The van der Waals surface area contributed by atoms with Gasteiger partial charge in [0.2, 0.25) is 0 Å². The zero-order valence-corrected chi connectivity index (χ0v) is 12.1. The largest absolute Gasteiger partial charge is 0.348 e. The van der Waals surface area contributed by atoms with E-state index in [9.17, 15) is 14.9 Å². The van der Waals surface area contributed by atoms with Crippen molar-refractivity contribution in [3.8, 4) is 0 Å². The molecule has 0 saturated carbocycles. The molecule has 2 N–H and O–H groups in total. The Balaban J connectivity index is 2.12. The Morgan fingerprint density at radius 2 is 2.30 bits per heavy atom. The van der Waals surface area contributed by atoms with Crippen LogP contribution >= 0.6 is 15.9 Å². The molecule has 0 unspecified atom stereocenters. The number of aromatic amines is 1. The first-order valence-electron chi connectivity index (χ1n) is 5.70. The van der Waals surface area contributed by atoms with E-state index in [1.54, 1.807) is 6.20 Å². The van der Waals surface area contributed by atoms with E-state index in [1.165, 1.54) is 18.2 Å². The average Bonchev–Trinajstić information content (AvgIpc) is 2.81. The molecule has 0 aliphatic heterocycles. The molecule has 0 aliphatic rings. The summed E-state index contributed by atoms with van der Waals surface area (Å²) in [6.45, 7) is 2.16. The molecular weight excluding hydrogens is 328 g/mol. The summed E-state index contributed by atoms with van der Waals surface area (Å²) in [5.74, 6) is -0.374. The molecule has 1 heterocycles. The number of carbonyl (C=O) groups excluding carboxylic acids is 1. The standard InChI is InChI=1S/C12H11BrN4O3/c1-7-9(6-15-16-7)5-14-12(18)8-2-3-10(13)11(4-8)17(19)20/h2-4,6H,5H2,1H3,(H,14,18)(H,15,16). The lowest BCUT2D eigenvalue weighted by molar-refractivity contribution is -0.385. The van der Waals surface area contributed by atoms with Crippen molar-refractivity contribution in [1.82, 2.24) is 15.5 Å². The van der Waals surface area contributed by atoms with Gasteiger partial charge in [-0.1, -0.05) is 0 Å². The topological polar surface area (TPSA) is 101 Å². The number of H-pyrrole nitrogens is 1. The molecule has 2 aromatic rings. The van der Waals surface area contributed by atoms with E-state index in [0.29, 0.717) is 11.0 Å². The highest BCUT2D eigenvalue weighted by Crippen LogP contribution is 2.25. The maximum atomic E-state index is 12.0. The van der Waals surface area contributed by atoms with Crippen LogP contribution in [0.2, 0.25) is 0 Å². The van der Waals surface area contributed by atoms with Gasteiger partial charge in [0.15, 0.2) is 0 Å². The van der Waals surface area contributed by atoms with Crippen LogP contribution in [0.4, 0.5) is 5.69 Å². The summed E-state index contributed by atoms with van der Waals surface area (Å²) >= 11 is 3.07. The first-order chi connectivity index (χ1) is 9.49. The molecule has 2 rings (SSSR count). The molecule has 0 saturated heterocycles. The van der Waals surface area contributed by atoms with Gasteiger partial charge in [0, 0.05) is 29.4 Å². The molecule has 1 aromatic carbocycles. The molecule has 0 aliphatic carbocycles. The second-order valence-electron chi connectivity index (χ2n) is 4.13. The molecule has 0 fully saturated rings. The summed E-state index contributed by atoms with van der Waals surface area (Å²) in [4.78, 5) is 22.2. The van der Waals surface area contributed by atoms with Crippen LogP contribution in [0.15, 0.2) is 28.9 Å². The maximum Gasteiger partial charge on any atom is 0.284 e. The van der Waals surface area contributed by atoms with Gasteiger partial charge in [-0.25, -0.2) is 0 Å². The lowest BCUT2D eigenvalue weighted by Gasteiger charge is -2.05. The number of rotatable bonds is 4. The van der Waals surface area contributed by atoms with Crippen LogP contribution in [0.25, 0.3) is 0 Å². The fraction of sp³-hybridized carbons (Fsp3) is 0.167. The minimum absolute atomic E-state index is 0.142. The number of halogens is 1. The van der Waals surface area contributed by atoms with E-state index >= 15 is 0 Å². The van der Waals surface area contributed by atoms with Gasteiger partial charge in [-0.3, -0.25) is 20.0 Å². The average molecular weight is 339 g/mol. The summed E-state index contributed by atoms with van der Waals surface area (Å²) in [6, 6.07) is 4.24. The van der Waals surface area contributed by atoms with Crippen molar-refractivity contribution in [3.05, 3.63) is 55.8 Å². The molecular formula is C12H11BrN4O3. The Bertz CT molecular complexity index is 668. The molecule has 0 radical (unpaired) electrons. The van der Waals surface area contributed by atoms with Crippen molar-refractivity contribution in [2.45, 2.75) is 13.5 Å². The number of nitro benzene ring substituents is 1. The molecule has 8 heteroatoms. The summed E-state index contributed by atoms with van der Waals surface area (Å²) in [6.07, 6.45) is 1.62. The summed E-state index contributed by atoms with van der Waals surface area (Å²) in [7, 11) is 0. The van der Waals surface area contributed by atoms with Gasteiger partial charge in [-0.05, 0) is 35.0 Å². The van der Waals surface area contributed by atoms with Crippen LogP contribution in [-0.4, -0.2) is 21.0 Å². The quantitative estimate of drug-likeness (QED) is 0.659. The number of nitrogens with zero attached hydrogens (tertiary/aromatic N) is 2. The number of aromatic nitrogens is 2. The summed E-state index contributed by atoms with van der Waals surface area (Å²) in [5, 5.41) is 20.1. The molecule has 0 bridgehead atoms. The molecule has 20 heavy (non-hydrogen) atoms. The summed E-state index contributed by atoms with van der Waals surface area (Å²) < 4.78 is 0.338. The molecule has 104 valence electrons. The van der Waals surface area contributed by atoms with Crippen LogP contribution in [-0.2, 0) is 6.54 Å². The van der Waals surface area contributed by atoms with Crippen LogP contribution < -0.4 is 5.32 Å². The third-order valence-corrected chi connectivity index (χ3v) is 3.45. The van der Waals surface area contributed by atoms with Crippen LogP contribution in [0.1, 0.15) is 21.6 Å². The zero-order chi connectivity index (χ0) is 14.7. The number of benzene rings is 1. The molecule has 1 aromatic heterocycles. The lowest BCUT2D eigenvalue weighted by Crippen LogP contribution is -2.23. The van der Waals surface area contributed by atoms with E-state index in [1.807, 2.05) is 6.92 Å². The third kappa shape index (κ3) is 3.02. The van der Waals surface area contributed by atoms with Crippen molar-refractivity contribution in [3.63, 3.8) is 0 Å². The second kappa shape index (κ2) is 5.83. The predicted molar refractivity (Wildman–Crippen MR) is 75.3 cm³/mol. The van der Waals surface area contributed by atoms with Gasteiger partial charge >= 0.3 is 0 Å². The number of hydrogen-bond acceptors (Lipinski definition) is 4. The second-order valence-corrected chi connectivity index (χ2v) is 4.98. The van der Waals surface area contributed by atoms with Gasteiger partial charge in [-0.2, -0.15) is 5.10 Å². The Labute approximate surface area is 122 Å². The minimum Gasteiger partial charge on any atom is -0.348 e. The van der Waals surface area contributed by atoms with Crippen molar-refractivity contribution >= 4 is 27.5 Å². The number of amides is 1. The molecule has 0 atom stereocenters. The van der Waals surface area contributed by atoms with Crippen LogP contribution in [0.5, 0.6) is 0 Å². The SMILES string of the molecule is Cc1[nH]ncc1CNC(=O)c1ccc(Br)c([N+](=O)[O-])c1. The van der Waals surface area contributed by atoms with E-state index in [4.69, 9.17) is 0 Å². The number of nitrogens with one attached hydrogen (secondary N) is 2. The molecule has 7 nitrogen and oxygen atoms in total. The first kappa shape index (κ1) is 14.2. The molecule has 1 amide bonds. The van der Waals surface area contributed by atoms with Gasteiger partial charge in [0.1, 0.15) is 0 Å². The zero-order valence-electron chi connectivity index (χ0n) is 10.5. The Morgan fingerprint density at radius 1 is 1.55 bits per heavy atom. The van der Waals surface area contributed by atoms with E-state index < -0.39 is 4.92 Å². The van der Waals surface area contributed by atoms with Gasteiger partial charge < -0.3 is 5.32 Å². The number of aryl methyl sites for hydroxylation is 1. The minimum atomic E-state index is -0.541. The van der Waals surface area contributed by atoms with Crippen molar-refractivity contribution < 1.29 is 9.72 Å². The van der Waals surface area contributed by atoms with Crippen molar-refractivity contribution in [2.75, 3.05) is 0 Å². The fourth-order valence-corrected chi connectivity index (χ4v) is 2.02. The highest BCUT2D eigenvalue weighted by Gasteiger charge is 2.16. The fourth-order valence-electron chi connectivity index (χ4n) is 1.63. The number of nitro groups is 1. The van der Waals surface area contributed by atoms with E-state index in [0.717, 1.165) is 11.3 Å². The van der Waals surface area contributed by atoms with Gasteiger partial charge in [0.05, 0.1) is 15.6 Å². The van der Waals surface area contributed by atoms with Crippen molar-refractivity contribution in [1.29, 1.82) is 0 Å². The van der Waals surface area contributed by atoms with Crippen LogP contribution in [0.3, 0.4) is 0 Å². The highest BCUT2D eigenvalue weighted by molar-refractivity contribution is 9.10. The number of hydrogen-bond donors (Lipinski definition) is 2. The first-order valence-corrected chi connectivity index (χ1v) is 6.49. The normalized spacial score (nSPS) is 10.3. The van der Waals surface area contributed by atoms with E-state index in [2.05, 4.69) is 31.4 Å². The van der Waals surface area contributed by atoms with E-state index in [-0.39, 0.29) is 17.2 Å². The molecule has 0 spiro atoms. The summed E-state index contributed by atoms with van der Waals surface area (Å²) in [5.41, 5.74) is 1.83. The third-order valence-electron chi connectivity index (χ3n) is 2.78. The Kier molecular flexibility index (Phi) is 4.14. The predicted octanol–water partition coefficient (Wildman–Crippen LogP) is 2.32. The smallest absolute Gasteiger partial charge is 0.284 e. The lowest BCUT2D eigenvalue weighted by atomic mass is 10.2. The monoisotopic (exact) mass is 338 g/mol. The van der Waals surface area contributed by atoms with Gasteiger partial charge in [-0.15, -0.1) is 0 Å². The van der Waals surface area contributed by atoms with Gasteiger partial charge in [0.25, 0.3) is 11.6 Å². The van der Waals surface area contributed by atoms with Crippen molar-refractivity contribution in [2.24, 2.45) is 0 Å². The highest BCUT2D eigenvalue weighted by atomic mass is 79.9. The number of carbonyl (C=O) groups is 1. The Hall–Kier alpha value is -2.22. The Morgan fingerprint density at radius 3 is 2.90 bits per heavy atom. The maximum absolute atomic E-state index is 12.0.